The Morgan fingerprint density at radius 2 is 1.48 bits per heavy atom. The van der Waals surface area contributed by atoms with Crippen LogP contribution in [0.5, 0.6) is 0 Å². The molecule has 1 aliphatic heterocycles. The smallest absolute Gasteiger partial charge is 0.261 e. The lowest BCUT2D eigenvalue weighted by molar-refractivity contribution is -0.149. The molecular formula is C21H28O3Si. The van der Waals surface area contributed by atoms with Crippen LogP contribution >= 0.6 is 0 Å². The van der Waals surface area contributed by atoms with E-state index in [1.807, 2.05) is 0 Å². The van der Waals surface area contributed by atoms with Crippen molar-refractivity contribution in [2.75, 3.05) is 6.61 Å². The molecule has 2 aromatic rings. The van der Waals surface area contributed by atoms with Crippen molar-refractivity contribution in [2.24, 2.45) is 0 Å². The van der Waals surface area contributed by atoms with E-state index in [1.54, 1.807) is 0 Å². The molecule has 0 saturated carbocycles. The van der Waals surface area contributed by atoms with E-state index in [2.05, 4.69) is 81.4 Å². The van der Waals surface area contributed by atoms with E-state index in [4.69, 9.17) is 9.16 Å². The molecule has 1 N–H and O–H groups in total. The molecule has 1 heterocycles. The van der Waals surface area contributed by atoms with E-state index in [0.29, 0.717) is 13.0 Å². The lowest BCUT2D eigenvalue weighted by atomic mass is 10.1. The van der Waals surface area contributed by atoms with E-state index in [1.165, 1.54) is 10.4 Å². The van der Waals surface area contributed by atoms with Gasteiger partial charge in [0, 0.05) is 6.42 Å². The average molecular weight is 357 g/mol. The summed E-state index contributed by atoms with van der Waals surface area (Å²) in [6.07, 6.45) is 0.638. The Labute approximate surface area is 151 Å². The maximum absolute atomic E-state index is 9.93. The van der Waals surface area contributed by atoms with Crippen molar-refractivity contribution in [1.82, 2.24) is 0 Å². The third kappa shape index (κ3) is 3.72. The van der Waals surface area contributed by atoms with Crippen LogP contribution in [-0.2, 0) is 9.16 Å². The quantitative estimate of drug-likeness (QED) is 0.856. The first-order valence-electron chi connectivity index (χ1n) is 9.02. The Hall–Kier alpha value is -1.46. The highest BCUT2D eigenvalue weighted by Gasteiger charge is 2.51. The summed E-state index contributed by atoms with van der Waals surface area (Å²) in [6.45, 7) is 7.36. The molecule has 4 heteroatoms. The van der Waals surface area contributed by atoms with E-state index in [-0.39, 0.29) is 11.1 Å². The van der Waals surface area contributed by atoms with Crippen molar-refractivity contribution in [1.29, 1.82) is 0 Å². The molecule has 25 heavy (non-hydrogen) atoms. The Kier molecular flexibility index (Phi) is 5.44. The minimum atomic E-state index is -2.53. The van der Waals surface area contributed by atoms with Gasteiger partial charge in [-0.2, -0.15) is 0 Å². The normalized spacial score (nSPS) is 21.9. The lowest BCUT2D eigenvalue weighted by Crippen LogP contribution is -2.68. The second-order valence-electron chi connectivity index (χ2n) is 7.75. The van der Waals surface area contributed by atoms with Gasteiger partial charge in [0.15, 0.2) is 6.29 Å². The first kappa shape index (κ1) is 18.3. The Balaban J connectivity index is 2.12. The van der Waals surface area contributed by atoms with Crippen LogP contribution in [0.15, 0.2) is 60.7 Å². The van der Waals surface area contributed by atoms with Gasteiger partial charge in [-0.3, -0.25) is 0 Å². The standard InChI is InChI=1S/C21H28O3Si/c1-21(2,3)25(18-10-6-4-7-11-18,19-12-8-5-9-13-19)24-17-14-15-23-20(22)16-17/h4-13,17,20,22H,14-16H2,1-3H3/t17-,20-/m1/s1. The van der Waals surface area contributed by atoms with Gasteiger partial charge in [-0.05, 0) is 21.8 Å². The van der Waals surface area contributed by atoms with Gasteiger partial charge in [0.2, 0.25) is 0 Å². The van der Waals surface area contributed by atoms with E-state index in [0.717, 1.165) is 6.42 Å². The molecule has 134 valence electrons. The van der Waals surface area contributed by atoms with Gasteiger partial charge >= 0.3 is 0 Å². The summed E-state index contributed by atoms with van der Waals surface area (Å²) >= 11 is 0. The number of aliphatic hydroxyl groups is 1. The van der Waals surface area contributed by atoms with Gasteiger partial charge < -0.3 is 14.3 Å². The Morgan fingerprint density at radius 3 is 1.92 bits per heavy atom. The average Bonchev–Trinajstić information content (AvgIpc) is 2.60. The molecule has 0 aromatic heterocycles. The summed E-state index contributed by atoms with van der Waals surface area (Å²) in [5.74, 6) is 0. The lowest BCUT2D eigenvalue weighted by Gasteiger charge is -2.46. The fourth-order valence-electron chi connectivity index (χ4n) is 3.79. The first-order valence-corrected chi connectivity index (χ1v) is 10.9. The van der Waals surface area contributed by atoms with Crippen LogP contribution in [0.4, 0.5) is 0 Å². The zero-order valence-corrected chi connectivity index (χ0v) is 16.3. The van der Waals surface area contributed by atoms with Gasteiger partial charge in [-0.1, -0.05) is 81.4 Å². The summed E-state index contributed by atoms with van der Waals surface area (Å²) in [7, 11) is -2.53. The summed E-state index contributed by atoms with van der Waals surface area (Å²) in [5.41, 5.74) is 0. The first-order chi connectivity index (χ1) is 11.9. The number of aliphatic hydroxyl groups excluding tert-OH is 1. The van der Waals surface area contributed by atoms with E-state index >= 15 is 0 Å². The predicted molar refractivity (Wildman–Crippen MR) is 104 cm³/mol. The Morgan fingerprint density at radius 1 is 0.960 bits per heavy atom. The van der Waals surface area contributed by atoms with Crippen LogP contribution in [0.2, 0.25) is 5.04 Å². The number of hydrogen-bond donors (Lipinski definition) is 1. The van der Waals surface area contributed by atoms with Crippen LogP contribution < -0.4 is 10.4 Å². The molecule has 1 fully saturated rings. The zero-order chi connectivity index (χ0) is 17.9. The Bertz CT molecular complexity index is 627. The largest absolute Gasteiger partial charge is 0.404 e. The zero-order valence-electron chi connectivity index (χ0n) is 15.3. The molecule has 0 amide bonds. The van der Waals surface area contributed by atoms with E-state index in [9.17, 15) is 5.11 Å². The van der Waals surface area contributed by atoms with Crippen LogP contribution in [0.1, 0.15) is 33.6 Å². The van der Waals surface area contributed by atoms with E-state index < -0.39 is 14.6 Å². The van der Waals surface area contributed by atoms with Crippen LogP contribution in [0, 0.1) is 0 Å². The molecular weight excluding hydrogens is 328 g/mol. The number of ether oxygens (including phenoxy) is 1. The number of rotatable bonds is 4. The van der Waals surface area contributed by atoms with Crippen LogP contribution in [-0.4, -0.2) is 32.4 Å². The minimum Gasteiger partial charge on any atom is -0.404 e. The summed E-state index contributed by atoms with van der Waals surface area (Å²) in [4.78, 5) is 0. The number of benzene rings is 2. The van der Waals surface area contributed by atoms with Gasteiger partial charge in [0.1, 0.15) is 0 Å². The van der Waals surface area contributed by atoms with Crippen LogP contribution in [0.3, 0.4) is 0 Å². The van der Waals surface area contributed by atoms with Crippen molar-refractivity contribution in [3.8, 4) is 0 Å². The van der Waals surface area contributed by atoms with Gasteiger partial charge in [-0.15, -0.1) is 0 Å². The molecule has 0 unspecified atom stereocenters. The third-order valence-corrected chi connectivity index (χ3v) is 10.1. The molecule has 0 aliphatic carbocycles. The summed E-state index contributed by atoms with van der Waals surface area (Å²) in [6, 6.07) is 21.2. The molecule has 2 aromatic carbocycles. The molecule has 3 rings (SSSR count). The van der Waals surface area contributed by atoms with Crippen LogP contribution in [0.25, 0.3) is 0 Å². The predicted octanol–water partition coefficient (Wildman–Crippen LogP) is 3.06. The highest BCUT2D eigenvalue weighted by molar-refractivity contribution is 6.99. The molecule has 3 nitrogen and oxygen atoms in total. The van der Waals surface area contributed by atoms with Crippen molar-refractivity contribution < 1.29 is 14.3 Å². The third-order valence-electron chi connectivity index (χ3n) is 4.97. The van der Waals surface area contributed by atoms with Gasteiger partial charge in [-0.25, -0.2) is 0 Å². The highest BCUT2D eigenvalue weighted by Crippen LogP contribution is 2.38. The highest BCUT2D eigenvalue weighted by atomic mass is 28.4. The topological polar surface area (TPSA) is 38.7 Å². The fraction of sp³-hybridized carbons (Fsp3) is 0.429. The fourth-order valence-corrected chi connectivity index (χ4v) is 8.52. The van der Waals surface area contributed by atoms with Crippen molar-refractivity contribution in [3.63, 3.8) is 0 Å². The number of hydrogen-bond acceptors (Lipinski definition) is 3. The van der Waals surface area contributed by atoms with Crippen molar-refractivity contribution in [2.45, 2.75) is 51.0 Å². The molecule has 1 aliphatic rings. The van der Waals surface area contributed by atoms with Crippen molar-refractivity contribution in [3.05, 3.63) is 60.7 Å². The minimum absolute atomic E-state index is 0.00931. The molecule has 1 saturated heterocycles. The molecule has 0 spiro atoms. The molecule has 0 bridgehead atoms. The second-order valence-corrected chi connectivity index (χ2v) is 12.0. The molecule has 0 radical (unpaired) electrons. The maximum Gasteiger partial charge on any atom is 0.261 e. The molecule has 2 atom stereocenters. The monoisotopic (exact) mass is 356 g/mol. The van der Waals surface area contributed by atoms with Gasteiger partial charge in [0.25, 0.3) is 8.32 Å². The second kappa shape index (κ2) is 7.42. The van der Waals surface area contributed by atoms with Crippen molar-refractivity contribution >= 4 is 18.7 Å². The SMILES string of the molecule is CC(C)(C)[Si](O[C@@H]1CCO[C@@H](O)C1)(c1ccccc1)c1ccccc1. The maximum atomic E-state index is 9.93. The summed E-state index contributed by atoms with van der Waals surface area (Å²) in [5, 5.41) is 12.4. The van der Waals surface area contributed by atoms with Gasteiger partial charge in [0.05, 0.1) is 12.7 Å². The summed E-state index contributed by atoms with van der Waals surface area (Å²) < 4.78 is 12.3.